The Labute approximate surface area is 147 Å². The van der Waals surface area contributed by atoms with Crippen LogP contribution in [0.3, 0.4) is 0 Å². The van der Waals surface area contributed by atoms with Crippen molar-refractivity contribution in [1.82, 2.24) is 4.90 Å². The number of anilines is 1. The first-order valence-electron chi connectivity index (χ1n) is 8.12. The molecule has 7 nitrogen and oxygen atoms in total. The zero-order valence-electron chi connectivity index (χ0n) is 14.3. The van der Waals surface area contributed by atoms with E-state index in [-0.39, 0.29) is 29.8 Å². The summed E-state index contributed by atoms with van der Waals surface area (Å²) in [6.07, 6.45) is 0.0406. The second-order valence-corrected chi connectivity index (χ2v) is 8.33. The first-order chi connectivity index (χ1) is 11.7. The summed E-state index contributed by atoms with van der Waals surface area (Å²) in [6, 6.07) is 6.11. The van der Waals surface area contributed by atoms with E-state index in [1.165, 1.54) is 11.8 Å². The highest BCUT2D eigenvalue weighted by Gasteiger charge is 2.34. The number of nitrogens with zero attached hydrogens (tertiary/aromatic N) is 1. The van der Waals surface area contributed by atoms with Crippen LogP contribution in [0.2, 0.25) is 0 Å². The highest BCUT2D eigenvalue weighted by atomic mass is 32.2. The molecular formula is C17H22N2O5S. The number of benzene rings is 1. The predicted molar refractivity (Wildman–Crippen MR) is 94.1 cm³/mol. The Hall–Kier alpha value is -2.22. The van der Waals surface area contributed by atoms with Gasteiger partial charge in [-0.05, 0) is 32.4 Å². The topological polar surface area (TPSA) is 101 Å². The van der Waals surface area contributed by atoms with Crippen molar-refractivity contribution in [3.05, 3.63) is 29.8 Å². The fraction of sp³-hybridized carbons (Fsp3) is 0.471. The van der Waals surface area contributed by atoms with Gasteiger partial charge in [0.05, 0.1) is 11.5 Å². The molecule has 0 aliphatic carbocycles. The molecule has 1 aromatic carbocycles. The van der Waals surface area contributed by atoms with E-state index in [9.17, 15) is 22.8 Å². The summed E-state index contributed by atoms with van der Waals surface area (Å²) in [6.45, 7) is 3.54. The van der Waals surface area contributed by atoms with Gasteiger partial charge in [0, 0.05) is 23.8 Å². The van der Waals surface area contributed by atoms with Crippen LogP contribution in [0.4, 0.5) is 5.69 Å². The van der Waals surface area contributed by atoms with E-state index >= 15 is 0 Å². The zero-order chi connectivity index (χ0) is 18.6. The molecule has 1 unspecified atom stereocenters. The third kappa shape index (κ3) is 5.12. The normalized spacial score (nSPS) is 18.6. The molecule has 0 saturated carbocycles. The molecule has 1 aromatic rings. The SMILES string of the molecule is CCN(C(=O)CC(=O)Nc1cccc(C(C)=O)c1)C1CCS(=O)(=O)C1. The summed E-state index contributed by atoms with van der Waals surface area (Å²) in [5.74, 6) is -0.984. The van der Waals surface area contributed by atoms with E-state index < -0.39 is 21.7 Å². The molecule has 1 aliphatic heterocycles. The molecule has 8 heteroatoms. The lowest BCUT2D eigenvalue weighted by atomic mass is 10.1. The van der Waals surface area contributed by atoms with Gasteiger partial charge in [-0.2, -0.15) is 0 Å². The van der Waals surface area contributed by atoms with Crippen LogP contribution in [0.1, 0.15) is 37.0 Å². The lowest BCUT2D eigenvalue weighted by molar-refractivity contribution is -0.135. The molecule has 1 fully saturated rings. The molecule has 1 N–H and O–H groups in total. The van der Waals surface area contributed by atoms with Crippen LogP contribution in [0, 0.1) is 0 Å². The average Bonchev–Trinajstić information content (AvgIpc) is 2.87. The Kier molecular flexibility index (Phi) is 5.94. The van der Waals surface area contributed by atoms with Crippen molar-refractivity contribution in [3.63, 3.8) is 0 Å². The van der Waals surface area contributed by atoms with E-state index in [0.717, 1.165) is 0 Å². The molecule has 1 heterocycles. The average molecular weight is 366 g/mol. The molecule has 2 amide bonds. The van der Waals surface area contributed by atoms with Crippen molar-refractivity contribution in [2.24, 2.45) is 0 Å². The van der Waals surface area contributed by atoms with Crippen LogP contribution in [-0.4, -0.2) is 55.0 Å². The second kappa shape index (κ2) is 7.77. The van der Waals surface area contributed by atoms with Gasteiger partial charge in [-0.25, -0.2) is 8.42 Å². The molecule has 0 radical (unpaired) electrons. The minimum Gasteiger partial charge on any atom is -0.338 e. The van der Waals surface area contributed by atoms with Crippen molar-refractivity contribution in [2.75, 3.05) is 23.4 Å². The Morgan fingerprint density at radius 1 is 1.28 bits per heavy atom. The fourth-order valence-electron chi connectivity index (χ4n) is 2.92. The van der Waals surface area contributed by atoms with Crippen LogP contribution >= 0.6 is 0 Å². The Morgan fingerprint density at radius 3 is 2.56 bits per heavy atom. The van der Waals surface area contributed by atoms with Gasteiger partial charge in [-0.3, -0.25) is 14.4 Å². The van der Waals surface area contributed by atoms with Gasteiger partial charge < -0.3 is 10.2 Å². The lowest BCUT2D eigenvalue weighted by Gasteiger charge is -2.26. The maximum Gasteiger partial charge on any atom is 0.233 e. The molecular weight excluding hydrogens is 344 g/mol. The van der Waals surface area contributed by atoms with Crippen molar-refractivity contribution >= 4 is 33.1 Å². The zero-order valence-corrected chi connectivity index (χ0v) is 15.1. The lowest BCUT2D eigenvalue weighted by Crippen LogP contribution is -2.42. The third-order valence-electron chi connectivity index (χ3n) is 4.17. The van der Waals surface area contributed by atoms with E-state index in [1.54, 1.807) is 31.2 Å². The predicted octanol–water partition coefficient (Wildman–Crippen LogP) is 1.25. The summed E-state index contributed by atoms with van der Waals surface area (Å²) in [4.78, 5) is 37.3. The van der Waals surface area contributed by atoms with Crippen molar-refractivity contribution in [2.45, 2.75) is 32.7 Å². The monoisotopic (exact) mass is 366 g/mol. The molecule has 136 valence electrons. The molecule has 2 rings (SSSR count). The van der Waals surface area contributed by atoms with Crippen LogP contribution in [0.5, 0.6) is 0 Å². The number of carbonyl (C=O) groups is 3. The first kappa shape index (κ1) is 19.1. The van der Waals surface area contributed by atoms with Crippen molar-refractivity contribution in [1.29, 1.82) is 0 Å². The van der Waals surface area contributed by atoms with Gasteiger partial charge in [0.2, 0.25) is 11.8 Å². The van der Waals surface area contributed by atoms with Crippen LogP contribution < -0.4 is 5.32 Å². The van der Waals surface area contributed by atoms with Crippen LogP contribution in [-0.2, 0) is 19.4 Å². The summed E-state index contributed by atoms with van der Waals surface area (Å²) < 4.78 is 23.2. The smallest absolute Gasteiger partial charge is 0.233 e. The van der Waals surface area contributed by atoms with E-state index in [1.807, 2.05) is 0 Å². The van der Waals surface area contributed by atoms with Crippen molar-refractivity contribution < 1.29 is 22.8 Å². The number of rotatable bonds is 6. The van der Waals surface area contributed by atoms with E-state index in [2.05, 4.69) is 5.32 Å². The van der Waals surface area contributed by atoms with Gasteiger partial charge >= 0.3 is 0 Å². The minimum absolute atomic E-state index is 0.0468. The van der Waals surface area contributed by atoms with Crippen LogP contribution in [0.15, 0.2) is 24.3 Å². The van der Waals surface area contributed by atoms with Gasteiger partial charge in [0.25, 0.3) is 0 Å². The highest BCUT2D eigenvalue weighted by molar-refractivity contribution is 7.91. The highest BCUT2D eigenvalue weighted by Crippen LogP contribution is 2.19. The maximum absolute atomic E-state index is 12.4. The van der Waals surface area contributed by atoms with Crippen LogP contribution in [0.25, 0.3) is 0 Å². The molecule has 1 atom stereocenters. The number of carbonyl (C=O) groups excluding carboxylic acids is 3. The van der Waals surface area contributed by atoms with Crippen molar-refractivity contribution in [3.8, 4) is 0 Å². The molecule has 25 heavy (non-hydrogen) atoms. The number of sulfone groups is 1. The maximum atomic E-state index is 12.4. The standard InChI is InChI=1S/C17H22N2O5S/c1-3-19(15-7-8-25(23,24)11-15)17(22)10-16(21)18-14-6-4-5-13(9-14)12(2)20/h4-6,9,15H,3,7-8,10-11H2,1-2H3,(H,18,21). The minimum atomic E-state index is -3.10. The van der Waals surface area contributed by atoms with E-state index in [0.29, 0.717) is 24.2 Å². The number of Topliss-reactive ketones (excluding diaryl/α,β-unsaturated/α-hetero) is 1. The fourth-order valence-corrected chi connectivity index (χ4v) is 4.65. The summed E-state index contributed by atoms with van der Waals surface area (Å²) in [7, 11) is -3.10. The van der Waals surface area contributed by atoms with Gasteiger partial charge in [-0.15, -0.1) is 0 Å². The Bertz CT molecular complexity index is 788. The quantitative estimate of drug-likeness (QED) is 0.603. The number of hydrogen-bond donors (Lipinski definition) is 1. The number of nitrogens with one attached hydrogen (secondary N) is 1. The summed E-state index contributed by atoms with van der Waals surface area (Å²) >= 11 is 0. The van der Waals surface area contributed by atoms with Gasteiger partial charge in [-0.1, -0.05) is 12.1 Å². The molecule has 1 aliphatic rings. The Balaban J connectivity index is 1.98. The van der Waals surface area contributed by atoms with Gasteiger partial charge in [0.1, 0.15) is 6.42 Å². The molecule has 1 saturated heterocycles. The molecule has 0 spiro atoms. The molecule has 0 aromatic heterocycles. The number of amides is 2. The first-order valence-corrected chi connectivity index (χ1v) is 9.94. The summed E-state index contributed by atoms with van der Waals surface area (Å²) in [5, 5.41) is 2.60. The largest absolute Gasteiger partial charge is 0.338 e. The Morgan fingerprint density at radius 2 is 2.00 bits per heavy atom. The number of hydrogen-bond acceptors (Lipinski definition) is 5. The third-order valence-corrected chi connectivity index (χ3v) is 5.93. The summed E-state index contributed by atoms with van der Waals surface area (Å²) in [5.41, 5.74) is 0.910. The second-order valence-electron chi connectivity index (χ2n) is 6.10. The molecule has 0 bridgehead atoms. The van der Waals surface area contributed by atoms with E-state index in [4.69, 9.17) is 0 Å². The number of ketones is 1. The van der Waals surface area contributed by atoms with Gasteiger partial charge in [0.15, 0.2) is 15.6 Å².